The van der Waals surface area contributed by atoms with Crippen molar-refractivity contribution < 1.29 is 8.78 Å². The first-order chi connectivity index (χ1) is 32.2. The Bertz CT molecular complexity index is 3040. The van der Waals surface area contributed by atoms with Crippen LogP contribution in [-0.2, 0) is 12.8 Å². The van der Waals surface area contributed by atoms with Crippen LogP contribution in [-0.4, -0.2) is 29.9 Å². The van der Waals surface area contributed by atoms with E-state index < -0.39 is 12.1 Å². The van der Waals surface area contributed by atoms with Crippen molar-refractivity contribution in [1.82, 2.24) is 29.9 Å². The smallest absolute Gasteiger partial charge is 0.133 e. The van der Waals surface area contributed by atoms with E-state index in [1.807, 2.05) is 133 Å². The molecule has 6 aromatic carbocycles. The first-order valence-corrected chi connectivity index (χ1v) is 21.8. The Morgan fingerprint density at radius 3 is 1.33 bits per heavy atom. The molecule has 10 rings (SSSR count). The van der Waals surface area contributed by atoms with Crippen molar-refractivity contribution in [3.8, 4) is 22.5 Å². The van der Waals surface area contributed by atoms with E-state index >= 15 is 8.78 Å². The highest BCUT2D eigenvalue weighted by Crippen LogP contribution is 2.34. The molecule has 10 aromatic rings. The molecule has 10 nitrogen and oxygen atoms in total. The number of imidazole rings is 2. The summed E-state index contributed by atoms with van der Waals surface area (Å²) >= 11 is 0. The number of aryl methyl sites for hydroxylation is 2. The first-order valence-electron chi connectivity index (χ1n) is 21.8. The maximum absolute atomic E-state index is 15.1. The van der Waals surface area contributed by atoms with E-state index in [4.69, 9.17) is 11.5 Å². The highest BCUT2D eigenvalue weighted by molar-refractivity contribution is 5.94. The average molecular weight is 875 g/mol. The van der Waals surface area contributed by atoms with Crippen LogP contribution in [0.15, 0.2) is 170 Å². The van der Waals surface area contributed by atoms with Crippen LogP contribution in [0.5, 0.6) is 0 Å². The fourth-order valence-electron chi connectivity index (χ4n) is 8.07. The number of nitrogen functional groups attached to an aromatic ring is 2. The lowest BCUT2D eigenvalue weighted by atomic mass is 10.0. The Morgan fingerprint density at radius 1 is 0.500 bits per heavy atom. The number of anilines is 4. The van der Waals surface area contributed by atoms with Gasteiger partial charge in [-0.3, -0.25) is 0 Å². The van der Waals surface area contributed by atoms with Crippen LogP contribution in [0.25, 0.3) is 44.1 Å². The van der Waals surface area contributed by atoms with Crippen LogP contribution in [0.2, 0.25) is 0 Å². The minimum absolute atomic E-state index is 0.281. The quantitative estimate of drug-likeness (QED) is 0.0708. The first kappa shape index (κ1) is 42.9. The molecule has 0 aliphatic carbocycles. The van der Waals surface area contributed by atoms with Gasteiger partial charge < -0.3 is 32.1 Å². The van der Waals surface area contributed by atoms with Gasteiger partial charge >= 0.3 is 0 Å². The standard InChI is InChI=1S/2C27H24FN5/c2*1-2-17-8-11-23(28)22(14-17)25(27-31-16-24(33-27)18-6-4-3-5-7-18)32-20-9-10-21-19(15-20)12-13-30-26(21)29/h2*3-16,25,32H,2H2,1H3,(H2,29,30)(H,31,33)/t2*25-/m10/s1. The zero-order valence-corrected chi connectivity index (χ0v) is 36.4. The summed E-state index contributed by atoms with van der Waals surface area (Å²) in [6.07, 6.45) is 8.57. The van der Waals surface area contributed by atoms with Crippen LogP contribution in [0.3, 0.4) is 0 Å². The maximum atomic E-state index is 15.1. The molecule has 0 unspecified atom stereocenters. The van der Waals surface area contributed by atoms with Crippen LogP contribution in [0.1, 0.15) is 59.8 Å². The van der Waals surface area contributed by atoms with Crippen molar-refractivity contribution in [2.24, 2.45) is 0 Å². The van der Waals surface area contributed by atoms with Crippen LogP contribution < -0.4 is 22.1 Å². The summed E-state index contributed by atoms with van der Waals surface area (Å²) in [7, 11) is 0. The summed E-state index contributed by atoms with van der Waals surface area (Å²) in [4.78, 5) is 24.3. The number of benzene rings is 6. The predicted molar refractivity (Wildman–Crippen MR) is 263 cm³/mol. The van der Waals surface area contributed by atoms with Gasteiger partial charge in [-0.25, -0.2) is 28.7 Å². The molecule has 2 atom stereocenters. The number of H-pyrrole nitrogens is 2. The summed E-state index contributed by atoms with van der Waals surface area (Å²) in [6, 6.07) is 44.9. The summed E-state index contributed by atoms with van der Waals surface area (Å²) in [6.45, 7) is 4.11. The molecule has 0 fully saturated rings. The van der Waals surface area contributed by atoms with E-state index in [1.54, 1.807) is 24.8 Å². The fourth-order valence-corrected chi connectivity index (χ4v) is 8.07. The van der Waals surface area contributed by atoms with Gasteiger partial charge in [0.2, 0.25) is 0 Å². The summed E-state index contributed by atoms with van der Waals surface area (Å²) in [5.41, 5.74) is 20.7. The van der Waals surface area contributed by atoms with Crippen LogP contribution in [0.4, 0.5) is 31.8 Å². The van der Waals surface area contributed by atoms with Gasteiger partial charge in [0.25, 0.3) is 0 Å². The van der Waals surface area contributed by atoms with Crippen molar-refractivity contribution in [2.75, 3.05) is 22.1 Å². The lowest BCUT2D eigenvalue weighted by molar-refractivity contribution is 0.600. The normalized spacial score (nSPS) is 12.1. The highest BCUT2D eigenvalue weighted by atomic mass is 19.1. The molecule has 0 aliphatic heterocycles. The number of nitrogens with two attached hydrogens (primary N) is 2. The van der Waals surface area contributed by atoms with E-state index in [0.717, 1.165) is 79.4 Å². The Balaban J connectivity index is 0.000000166. The lowest BCUT2D eigenvalue weighted by Crippen LogP contribution is -2.16. The number of pyridine rings is 2. The van der Waals surface area contributed by atoms with Gasteiger partial charge in [-0.05, 0) is 107 Å². The fraction of sp³-hybridized carbons (Fsp3) is 0.111. The zero-order chi connectivity index (χ0) is 45.6. The predicted octanol–water partition coefficient (Wildman–Crippen LogP) is 12.2. The van der Waals surface area contributed by atoms with E-state index in [2.05, 4.69) is 54.4 Å². The van der Waals surface area contributed by atoms with Gasteiger partial charge in [0.1, 0.15) is 47.0 Å². The zero-order valence-electron chi connectivity index (χ0n) is 36.4. The molecular formula is C54H48F2N10. The van der Waals surface area contributed by atoms with Crippen molar-refractivity contribution >= 4 is 44.6 Å². The molecule has 4 heterocycles. The van der Waals surface area contributed by atoms with Gasteiger partial charge in [0, 0.05) is 45.7 Å². The van der Waals surface area contributed by atoms with Crippen molar-refractivity contribution in [1.29, 1.82) is 0 Å². The Morgan fingerprint density at radius 2 is 0.924 bits per heavy atom. The number of nitrogens with zero attached hydrogens (tertiary/aromatic N) is 4. The van der Waals surface area contributed by atoms with E-state index in [9.17, 15) is 0 Å². The van der Waals surface area contributed by atoms with Gasteiger partial charge in [-0.2, -0.15) is 0 Å². The molecule has 4 aromatic heterocycles. The third-order valence-corrected chi connectivity index (χ3v) is 11.7. The van der Waals surface area contributed by atoms with Gasteiger partial charge in [0.15, 0.2) is 0 Å². The number of nitrogens with one attached hydrogen (secondary N) is 4. The lowest BCUT2D eigenvalue weighted by Gasteiger charge is -2.20. The summed E-state index contributed by atoms with van der Waals surface area (Å²) in [5, 5.41) is 10.6. The van der Waals surface area contributed by atoms with Crippen molar-refractivity contribution in [2.45, 2.75) is 38.8 Å². The second-order valence-electron chi connectivity index (χ2n) is 15.9. The molecule has 0 aliphatic rings. The van der Waals surface area contributed by atoms with E-state index in [1.165, 1.54) is 12.1 Å². The number of rotatable bonds is 12. The molecule has 0 amide bonds. The molecular weight excluding hydrogens is 827 g/mol. The van der Waals surface area contributed by atoms with Gasteiger partial charge in [0.05, 0.1) is 23.8 Å². The number of hydrogen-bond acceptors (Lipinski definition) is 8. The van der Waals surface area contributed by atoms with E-state index in [-0.39, 0.29) is 11.6 Å². The number of aromatic amines is 2. The Labute approximate surface area is 381 Å². The molecule has 328 valence electrons. The molecule has 66 heavy (non-hydrogen) atoms. The Hall–Kier alpha value is -8.38. The molecule has 0 spiro atoms. The third kappa shape index (κ3) is 9.29. The van der Waals surface area contributed by atoms with Crippen LogP contribution >= 0.6 is 0 Å². The average Bonchev–Trinajstić information content (AvgIpc) is 4.06. The van der Waals surface area contributed by atoms with Crippen LogP contribution in [0, 0.1) is 11.6 Å². The molecule has 12 heteroatoms. The van der Waals surface area contributed by atoms with Gasteiger partial charge in [-0.1, -0.05) is 98.8 Å². The van der Waals surface area contributed by atoms with Gasteiger partial charge in [-0.15, -0.1) is 0 Å². The second kappa shape index (κ2) is 19.2. The van der Waals surface area contributed by atoms with E-state index in [0.29, 0.717) is 34.4 Å². The SMILES string of the molecule is CCc1ccc(F)c([C@@H](Nc2ccc3c(N)nccc3c2)c2ncc(-c3ccccc3)[nH]2)c1.CCc1ccc(F)c([C@H](Nc2ccc3c(N)nccc3c2)c2ncc(-c3ccccc3)[nH]2)c1. The highest BCUT2D eigenvalue weighted by Gasteiger charge is 2.24. The minimum atomic E-state index is -0.509. The number of aromatic nitrogens is 6. The molecule has 0 saturated carbocycles. The van der Waals surface area contributed by atoms with Crippen molar-refractivity contribution in [3.05, 3.63) is 216 Å². The topological polar surface area (TPSA) is 159 Å². The summed E-state index contributed by atoms with van der Waals surface area (Å²) in [5.74, 6) is 1.67. The minimum Gasteiger partial charge on any atom is -0.383 e. The summed E-state index contributed by atoms with van der Waals surface area (Å²) < 4.78 is 30.1. The monoisotopic (exact) mass is 874 g/mol. The molecule has 0 saturated heterocycles. The largest absolute Gasteiger partial charge is 0.383 e. The van der Waals surface area contributed by atoms with Crippen molar-refractivity contribution in [3.63, 3.8) is 0 Å². The molecule has 8 N–H and O–H groups in total. The Kier molecular flexibility index (Phi) is 12.5. The second-order valence-corrected chi connectivity index (χ2v) is 15.9. The molecule has 0 radical (unpaired) electrons. The molecule has 0 bridgehead atoms. The number of hydrogen-bond donors (Lipinski definition) is 6. The number of fused-ring (bicyclic) bond motifs is 2. The third-order valence-electron chi connectivity index (χ3n) is 11.7. The number of halogens is 2. The maximum Gasteiger partial charge on any atom is 0.133 e.